The van der Waals surface area contributed by atoms with E-state index in [2.05, 4.69) is 0 Å². The maximum atomic E-state index is 12.6. The molecule has 7 heteroatoms. The Hall–Kier alpha value is -1.30. The van der Waals surface area contributed by atoms with Gasteiger partial charge in [-0.05, 0) is 11.6 Å². The third-order valence-corrected chi connectivity index (χ3v) is 1.68. The molecule has 1 rings (SSSR count). The molecule has 1 heterocycles. The summed E-state index contributed by atoms with van der Waals surface area (Å²) in [5.74, 6) is -1.39. The van der Waals surface area contributed by atoms with Gasteiger partial charge in [-0.15, -0.1) is 0 Å². The van der Waals surface area contributed by atoms with Crippen molar-refractivity contribution in [1.29, 1.82) is 0 Å². The number of carbonyl (C=O) groups excluding carboxylic acids is 1. The lowest BCUT2D eigenvalue weighted by Gasteiger charge is -2.03. The summed E-state index contributed by atoms with van der Waals surface area (Å²) in [6, 6.07) is 0. The van der Waals surface area contributed by atoms with Crippen molar-refractivity contribution in [2.24, 2.45) is 0 Å². The highest BCUT2D eigenvalue weighted by atomic mass is 35.5. The van der Waals surface area contributed by atoms with Gasteiger partial charge in [0.25, 0.3) is 11.7 Å². The first-order valence-electron chi connectivity index (χ1n) is 3.34. The first-order valence-corrected chi connectivity index (χ1v) is 3.72. The summed E-state index contributed by atoms with van der Waals surface area (Å²) in [7, 11) is 0. The van der Waals surface area contributed by atoms with Gasteiger partial charge in [0.1, 0.15) is 5.69 Å². The molecular weight excluding hydrogens is 223 g/mol. The highest BCUT2D eigenvalue weighted by Gasteiger charge is 2.23. The molecule has 1 N–H and O–H groups in total. The molecule has 0 radical (unpaired) electrons. The number of nitrogens with one attached hydrogen (secondary N) is 1. The molecule has 0 saturated carbocycles. The first-order chi connectivity index (χ1) is 6.45. The van der Waals surface area contributed by atoms with Crippen LogP contribution in [0.25, 0.3) is 0 Å². The molecule has 0 atom stereocenters. The van der Waals surface area contributed by atoms with Crippen LogP contribution < -0.4 is 5.43 Å². The van der Waals surface area contributed by atoms with E-state index in [1.54, 1.807) is 0 Å². The smallest absolute Gasteiger partial charge is 0.269 e. The van der Waals surface area contributed by atoms with Gasteiger partial charge in [-0.3, -0.25) is 9.59 Å². The monoisotopic (exact) mass is 225 g/mol. The van der Waals surface area contributed by atoms with Crippen molar-refractivity contribution in [2.75, 3.05) is 0 Å². The Morgan fingerprint density at radius 2 is 2.07 bits per heavy atom. The zero-order valence-electron chi connectivity index (χ0n) is 6.48. The molecule has 0 aliphatic rings. The van der Waals surface area contributed by atoms with Crippen molar-refractivity contribution >= 4 is 16.8 Å². The first kappa shape index (κ1) is 10.8. The van der Waals surface area contributed by atoms with Crippen molar-refractivity contribution in [2.45, 2.75) is 6.43 Å². The number of rotatable bonds is 2. The molecule has 0 aliphatic carbocycles. The quantitative estimate of drug-likeness (QED) is 0.781. The average Bonchev–Trinajstić information content (AvgIpc) is 2.08. The molecule has 0 unspecified atom stereocenters. The van der Waals surface area contributed by atoms with E-state index in [9.17, 15) is 22.8 Å². The van der Waals surface area contributed by atoms with Gasteiger partial charge in [0.2, 0.25) is 5.43 Å². The molecule has 0 saturated heterocycles. The summed E-state index contributed by atoms with van der Waals surface area (Å²) in [6.45, 7) is 0. The molecule has 1 aromatic heterocycles. The van der Waals surface area contributed by atoms with E-state index < -0.39 is 34.2 Å². The molecule has 1 aromatic rings. The van der Waals surface area contributed by atoms with Crippen molar-refractivity contribution in [3.63, 3.8) is 0 Å². The number of alkyl halides is 2. The van der Waals surface area contributed by atoms with Crippen LogP contribution in [0.2, 0.25) is 0 Å². The Morgan fingerprint density at radius 1 is 1.50 bits per heavy atom. The van der Waals surface area contributed by atoms with Gasteiger partial charge in [-0.25, -0.2) is 13.2 Å². The SMILES string of the molecule is O=C(Cl)c1[nH]cc(F)c(=O)c1C(F)F. The second-order valence-electron chi connectivity index (χ2n) is 2.33. The third kappa shape index (κ3) is 1.79. The number of carbonyl (C=O) groups is 1. The molecular formula is C7H3ClF3NO2. The summed E-state index contributed by atoms with van der Waals surface area (Å²) >= 11 is 4.91. The Balaban J connectivity index is 3.54. The Kier molecular flexibility index (Phi) is 2.95. The highest BCUT2D eigenvalue weighted by Crippen LogP contribution is 2.19. The van der Waals surface area contributed by atoms with Crippen LogP contribution in [-0.4, -0.2) is 10.2 Å². The van der Waals surface area contributed by atoms with Crippen LogP contribution >= 0.6 is 11.6 Å². The van der Waals surface area contributed by atoms with Crippen LogP contribution in [0.15, 0.2) is 11.0 Å². The molecule has 0 aliphatic heterocycles. The number of aromatic nitrogens is 1. The van der Waals surface area contributed by atoms with Crippen LogP contribution in [0, 0.1) is 5.82 Å². The van der Waals surface area contributed by atoms with E-state index in [1.807, 2.05) is 4.98 Å². The largest absolute Gasteiger partial charge is 0.355 e. The lowest BCUT2D eigenvalue weighted by atomic mass is 10.2. The number of halogens is 4. The van der Waals surface area contributed by atoms with E-state index in [4.69, 9.17) is 11.6 Å². The Labute approximate surface area is 80.5 Å². The second kappa shape index (κ2) is 3.83. The van der Waals surface area contributed by atoms with Gasteiger partial charge in [0.15, 0.2) is 5.82 Å². The summed E-state index contributed by atoms with van der Waals surface area (Å²) in [5, 5.41) is -1.27. The summed E-state index contributed by atoms with van der Waals surface area (Å²) < 4.78 is 37.0. The predicted octanol–water partition coefficient (Wildman–Crippen LogP) is 1.83. The maximum absolute atomic E-state index is 12.6. The molecule has 0 amide bonds. The van der Waals surface area contributed by atoms with Crippen LogP contribution in [0.3, 0.4) is 0 Å². The minimum atomic E-state index is -3.26. The molecule has 0 spiro atoms. The molecule has 0 aromatic carbocycles. The van der Waals surface area contributed by atoms with Gasteiger partial charge in [-0.1, -0.05) is 0 Å². The van der Waals surface area contributed by atoms with Gasteiger partial charge < -0.3 is 4.98 Å². The topological polar surface area (TPSA) is 49.9 Å². The minimum absolute atomic E-state index is 0.504. The minimum Gasteiger partial charge on any atom is -0.355 e. The van der Waals surface area contributed by atoms with Crippen molar-refractivity contribution in [3.8, 4) is 0 Å². The summed E-state index contributed by atoms with van der Waals surface area (Å²) in [5.41, 5.74) is -3.55. The second-order valence-corrected chi connectivity index (χ2v) is 2.67. The normalized spacial score (nSPS) is 10.6. The molecule has 0 bridgehead atoms. The Morgan fingerprint density at radius 3 is 2.50 bits per heavy atom. The maximum Gasteiger partial charge on any atom is 0.269 e. The molecule has 3 nitrogen and oxygen atoms in total. The van der Waals surface area contributed by atoms with Crippen molar-refractivity contribution in [3.05, 3.63) is 33.5 Å². The fourth-order valence-corrected chi connectivity index (χ4v) is 1.05. The van der Waals surface area contributed by atoms with Crippen molar-refractivity contribution in [1.82, 2.24) is 4.98 Å². The number of hydrogen-bond acceptors (Lipinski definition) is 2. The summed E-state index contributed by atoms with van der Waals surface area (Å²) in [4.78, 5) is 23.3. The molecule has 14 heavy (non-hydrogen) atoms. The third-order valence-electron chi connectivity index (χ3n) is 1.49. The van der Waals surface area contributed by atoms with Crippen LogP contribution in [-0.2, 0) is 0 Å². The highest BCUT2D eigenvalue weighted by molar-refractivity contribution is 6.67. The number of H-pyrrole nitrogens is 1. The van der Waals surface area contributed by atoms with Gasteiger partial charge in [0, 0.05) is 6.20 Å². The van der Waals surface area contributed by atoms with E-state index >= 15 is 0 Å². The average molecular weight is 226 g/mol. The fraction of sp³-hybridized carbons (Fsp3) is 0.143. The van der Waals surface area contributed by atoms with Gasteiger partial charge in [-0.2, -0.15) is 0 Å². The number of pyridine rings is 1. The van der Waals surface area contributed by atoms with E-state index in [0.717, 1.165) is 0 Å². The fourth-order valence-electron chi connectivity index (χ4n) is 0.892. The van der Waals surface area contributed by atoms with Crippen molar-refractivity contribution < 1.29 is 18.0 Å². The molecule has 0 fully saturated rings. The Bertz CT molecular complexity index is 429. The van der Waals surface area contributed by atoms with Crippen LogP contribution in [0.1, 0.15) is 22.5 Å². The predicted molar refractivity (Wildman–Crippen MR) is 42.2 cm³/mol. The van der Waals surface area contributed by atoms with Crippen LogP contribution in [0.5, 0.6) is 0 Å². The zero-order chi connectivity index (χ0) is 10.9. The van der Waals surface area contributed by atoms with E-state index in [1.165, 1.54) is 0 Å². The van der Waals surface area contributed by atoms with Gasteiger partial charge >= 0.3 is 0 Å². The number of hydrogen-bond donors (Lipinski definition) is 1. The molecule has 76 valence electrons. The van der Waals surface area contributed by atoms with E-state index in [-0.39, 0.29) is 0 Å². The standard InChI is InChI=1S/C7H3ClF3NO2/c8-6(14)4-3(7(10)11)5(13)2(9)1-12-4/h1,7H,(H,12,13). The van der Waals surface area contributed by atoms with Crippen LogP contribution in [0.4, 0.5) is 13.2 Å². The van der Waals surface area contributed by atoms with E-state index in [0.29, 0.717) is 6.20 Å². The van der Waals surface area contributed by atoms with Gasteiger partial charge in [0.05, 0.1) is 5.56 Å². The lowest BCUT2D eigenvalue weighted by molar-refractivity contribution is 0.105. The number of aromatic amines is 1. The lowest BCUT2D eigenvalue weighted by Crippen LogP contribution is -2.19. The summed E-state index contributed by atoms with van der Waals surface area (Å²) in [6.07, 6.45) is -2.75. The zero-order valence-corrected chi connectivity index (χ0v) is 7.24.